The zero-order valence-corrected chi connectivity index (χ0v) is 14.8. The maximum atomic E-state index is 12.8. The van der Waals surface area contributed by atoms with E-state index in [-0.39, 0.29) is 11.8 Å². The number of hydrogen-bond acceptors (Lipinski definition) is 3. The second kappa shape index (κ2) is 7.51. The predicted octanol–water partition coefficient (Wildman–Crippen LogP) is 2.95. The van der Waals surface area contributed by atoms with Crippen molar-refractivity contribution in [2.45, 2.75) is 39.7 Å². The second-order valence-corrected chi connectivity index (χ2v) is 6.14. The summed E-state index contributed by atoms with van der Waals surface area (Å²) in [6, 6.07) is 9.30. The van der Waals surface area contributed by atoms with Crippen molar-refractivity contribution in [3.05, 3.63) is 47.5 Å². The zero-order chi connectivity index (χ0) is 17.8. The third-order valence-corrected chi connectivity index (χ3v) is 4.61. The molecule has 0 bridgehead atoms. The maximum Gasteiger partial charge on any atom is 0.291 e. The first-order valence-electron chi connectivity index (χ1n) is 8.90. The highest BCUT2D eigenvalue weighted by molar-refractivity contribution is 6.03. The van der Waals surface area contributed by atoms with E-state index in [1.54, 1.807) is 4.90 Å². The van der Waals surface area contributed by atoms with Crippen LogP contribution in [0, 0.1) is 0 Å². The van der Waals surface area contributed by atoms with Gasteiger partial charge in [0.25, 0.3) is 11.8 Å². The molecule has 6 heteroatoms. The lowest BCUT2D eigenvalue weighted by Gasteiger charge is -2.20. The van der Waals surface area contributed by atoms with Gasteiger partial charge in [-0.25, -0.2) is 4.98 Å². The lowest BCUT2D eigenvalue weighted by atomic mass is 10.1. The topological polar surface area (TPSA) is 67.2 Å². The Labute approximate surface area is 147 Å². The van der Waals surface area contributed by atoms with Crippen LogP contribution in [0.5, 0.6) is 0 Å². The van der Waals surface area contributed by atoms with Crippen molar-refractivity contribution in [3.8, 4) is 0 Å². The second-order valence-electron chi connectivity index (χ2n) is 6.14. The van der Waals surface area contributed by atoms with E-state index in [2.05, 4.69) is 10.3 Å². The Morgan fingerprint density at radius 1 is 1.16 bits per heavy atom. The van der Waals surface area contributed by atoms with E-state index in [0.717, 1.165) is 37.2 Å². The molecule has 0 saturated heterocycles. The minimum absolute atomic E-state index is 0.0885. The van der Waals surface area contributed by atoms with Crippen molar-refractivity contribution in [1.82, 2.24) is 14.5 Å². The van der Waals surface area contributed by atoms with Crippen molar-refractivity contribution in [3.63, 3.8) is 0 Å². The van der Waals surface area contributed by atoms with Gasteiger partial charge in [-0.1, -0.05) is 18.2 Å². The molecule has 1 aromatic carbocycles. The maximum absolute atomic E-state index is 12.8. The van der Waals surface area contributed by atoms with E-state index in [1.807, 2.05) is 48.7 Å². The Balaban J connectivity index is 1.94. The summed E-state index contributed by atoms with van der Waals surface area (Å²) in [6.07, 6.45) is 2.80. The summed E-state index contributed by atoms with van der Waals surface area (Å²) >= 11 is 0. The van der Waals surface area contributed by atoms with Crippen molar-refractivity contribution in [1.29, 1.82) is 0 Å². The van der Waals surface area contributed by atoms with E-state index in [1.165, 1.54) is 0 Å². The van der Waals surface area contributed by atoms with E-state index >= 15 is 0 Å². The van der Waals surface area contributed by atoms with Gasteiger partial charge < -0.3 is 14.8 Å². The Bertz CT molecular complexity index is 763. The highest BCUT2D eigenvalue weighted by Gasteiger charge is 2.29. The van der Waals surface area contributed by atoms with Gasteiger partial charge in [0.15, 0.2) is 5.82 Å². The van der Waals surface area contributed by atoms with Crippen molar-refractivity contribution < 1.29 is 9.59 Å². The molecule has 2 aromatic rings. The van der Waals surface area contributed by atoms with E-state index in [9.17, 15) is 9.59 Å². The number of amides is 2. The summed E-state index contributed by atoms with van der Waals surface area (Å²) in [5.74, 6) is -0.0311. The van der Waals surface area contributed by atoms with Crippen LogP contribution in [0.25, 0.3) is 0 Å². The molecule has 1 aromatic heterocycles. The number of aromatic nitrogens is 2. The van der Waals surface area contributed by atoms with Gasteiger partial charge in [0, 0.05) is 25.3 Å². The summed E-state index contributed by atoms with van der Waals surface area (Å²) in [7, 11) is 0. The third kappa shape index (κ3) is 3.43. The fourth-order valence-electron chi connectivity index (χ4n) is 3.26. The number of carbonyl (C=O) groups is 2. The van der Waals surface area contributed by atoms with E-state index < -0.39 is 0 Å². The lowest BCUT2D eigenvalue weighted by molar-refractivity contribution is 0.0766. The standard InChI is InChI=1S/C19H24N4O2/c1-3-22(4-2)19(25)16-15-12-8-9-13-23(15)17(21-16)18(24)20-14-10-6-5-7-11-14/h5-7,10-11H,3-4,8-9,12-13H2,1-2H3,(H,20,24). The number of benzene rings is 1. The number of fused-ring (bicyclic) bond motifs is 1. The Hall–Kier alpha value is -2.63. The van der Waals surface area contributed by atoms with Crippen LogP contribution in [-0.4, -0.2) is 39.4 Å². The molecule has 2 amide bonds. The highest BCUT2D eigenvalue weighted by Crippen LogP contribution is 2.23. The summed E-state index contributed by atoms with van der Waals surface area (Å²) in [6.45, 7) is 5.89. The number of nitrogens with zero attached hydrogens (tertiary/aromatic N) is 3. The van der Waals surface area contributed by atoms with Gasteiger partial charge in [-0.15, -0.1) is 0 Å². The molecule has 132 valence electrons. The number of nitrogens with one attached hydrogen (secondary N) is 1. The molecule has 1 aliphatic heterocycles. The molecule has 1 N–H and O–H groups in total. The number of hydrogen-bond donors (Lipinski definition) is 1. The number of imidazole rings is 1. The number of anilines is 1. The number of rotatable bonds is 5. The first-order chi connectivity index (χ1) is 12.2. The zero-order valence-electron chi connectivity index (χ0n) is 14.8. The normalized spacial score (nSPS) is 13.2. The fourth-order valence-corrected chi connectivity index (χ4v) is 3.26. The van der Waals surface area contributed by atoms with Crippen LogP contribution >= 0.6 is 0 Å². The van der Waals surface area contributed by atoms with Gasteiger partial charge in [0.2, 0.25) is 0 Å². The van der Waals surface area contributed by atoms with Gasteiger partial charge in [-0.2, -0.15) is 0 Å². The minimum atomic E-state index is -0.270. The molecule has 1 aliphatic rings. The quantitative estimate of drug-likeness (QED) is 0.910. The first-order valence-corrected chi connectivity index (χ1v) is 8.90. The molecule has 6 nitrogen and oxygen atoms in total. The SMILES string of the molecule is CCN(CC)C(=O)c1nc(C(=O)Nc2ccccc2)n2c1CCCC2. The van der Waals surface area contributed by atoms with Crippen LogP contribution in [0.1, 0.15) is 53.5 Å². The smallest absolute Gasteiger partial charge is 0.291 e. The van der Waals surface area contributed by atoms with Crippen LogP contribution in [-0.2, 0) is 13.0 Å². The van der Waals surface area contributed by atoms with Crippen LogP contribution in [0.15, 0.2) is 30.3 Å². The molecule has 2 heterocycles. The largest absolute Gasteiger partial charge is 0.338 e. The molecule has 25 heavy (non-hydrogen) atoms. The van der Waals surface area contributed by atoms with Gasteiger partial charge >= 0.3 is 0 Å². The van der Waals surface area contributed by atoms with E-state index in [0.29, 0.717) is 24.6 Å². The molecule has 0 aliphatic carbocycles. The van der Waals surface area contributed by atoms with Gasteiger partial charge in [-0.3, -0.25) is 9.59 Å². The predicted molar refractivity (Wildman–Crippen MR) is 96.8 cm³/mol. The van der Waals surface area contributed by atoms with Crippen molar-refractivity contribution in [2.24, 2.45) is 0 Å². The summed E-state index contributed by atoms with van der Waals surface area (Å²) in [5.41, 5.74) is 2.04. The summed E-state index contributed by atoms with van der Waals surface area (Å²) in [5, 5.41) is 2.87. The number of para-hydroxylation sites is 1. The lowest BCUT2D eigenvalue weighted by Crippen LogP contribution is -2.31. The molecular formula is C19H24N4O2. The summed E-state index contributed by atoms with van der Waals surface area (Å²) in [4.78, 5) is 31.7. The average molecular weight is 340 g/mol. The third-order valence-electron chi connectivity index (χ3n) is 4.61. The number of carbonyl (C=O) groups excluding carboxylic acids is 2. The molecule has 0 fully saturated rings. The van der Waals surface area contributed by atoms with Gasteiger partial charge in [-0.05, 0) is 45.2 Å². The molecule has 0 unspecified atom stereocenters. The molecule has 0 spiro atoms. The Morgan fingerprint density at radius 3 is 2.56 bits per heavy atom. The fraction of sp³-hybridized carbons (Fsp3) is 0.421. The molecule has 0 radical (unpaired) electrons. The molecule has 0 saturated carbocycles. The highest BCUT2D eigenvalue weighted by atomic mass is 16.2. The molecule has 0 atom stereocenters. The molecular weight excluding hydrogens is 316 g/mol. The van der Waals surface area contributed by atoms with Gasteiger partial charge in [0.05, 0.1) is 5.69 Å². The van der Waals surface area contributed by atoms with Crippen molar-refractivity contribution >= 4 is 17.5 Å². The Kier molecular flexibility index (Phi) is 5.16. The molecule has 3 rings (SSSR count). The first kappa shape index (κ1) is 17.2. The van der Waals surface area contributed by atoms with Crippen LogP contribution in [0.3, 0.4) is 0 Å². The van der Waals surface area contributed by atoms with Crippen LogP contribution in [0.4, 0.5) is 5.69 Å². The Morgan fingerprint density at radius 2 is 1.88 bits per heavy atom. The van der Waals surface area contributed by atoms with Gasteiger partial charge in [0.1, 0.15) is 5.69 Å². The van der Waals surface area contributed by atoms with E-state index in [4.69, 9.17) is 0 Å². The minimum Gasteiger partial charge on any atom is -0.338 e. The average Bonchev–Trinajstić information content (AvgIpc) is 3.03. The van der Waals surface area contributed by atoms with Crippen LogP contribution in [0.2, 0.25) is 0 Å². The summed E-state index contributed by atoms with van der Waals surface area (Å²) < 4.78 is 1.92. The van der Waals surface area contributed by atoms with Crippen LogP contribution < -0.4 is 5.32 Å². The monoisotopic (exact) mass is 340 g/mol. The van der Waals surface area contributed by atoms with Crippen molar-refractivity contribution in [2.75, 3.05) is 18.4 Å².